The van der Waals surface area contributed by atoms with Crippen molar-refractivity contribution >= 4 is 5.91 Å². The van der Waals surface area contributed by atoms with Gasteiger partial charge >= 0.3 is 0 Å². The number of hydrogen-bond acceptors (Lipinski definition) is 5. The van der Waals surface area contributed by atoms with Gasteiger partial charge in [-0.05, 0) is 13.3 Å². The lowest BCUT2D eigenvalue weighted by Crippen LogP contribution is -2.29. The first-order chi connectivity index (χ1) is 10.9. The number of carbonyl (C=O) groups excluding carboxylic acids is 1. The zero-order valence-corrected chi connectivity index (χ0v) is 14.5. The maximum Gasteiger partial charge on any atom is 0.257 e. The quantitative estimate of drug-likeness (QED) is 0.783. The third kappa shape index (κ3) is 4.18. The molecular weight excluding hydrogens is 294 g/mol. The van der Waals surface area contributed by atoms with E-state index in [0.29, 0.717) is 30.2 Å². The summed E-state index contributed by atoms with van der Waals surface area (Å²) in [5.74, 6) is 1.44. The summed E-state index contributed by atoms with van der Waals surface area (Å²) < 4.78 is 7.00. The van der Waals surface area contributed by atoms with Crippen molar-refractivity contribution in [1.29, 1.82) is 0 Å². The van der Waals surface area contributed by atoms with Crippen LogP contribution in [0, 0.1) is 6.92 Å². The molecule has 2 aromatic heterocycles. The Morgan fingerprint density at radius 1 is 1.43 bits per heavy atom. The second-order valence-electron chi connectivity index (χ2n) is 6.07. The maximum absolute atomic E-state index is 12.5. The topological polar surface area (TPSA) is 77.0 Å². The highest BCUT2D eigenvalue weighted by Crippen LogP contribution is 2.12. The Hall–Kier alpha value is -2.18. The van der Waals surface area contributed by atoms with E-state index in [1.165, 1.54) is 0 Å². The molecule has 0 radical (unpaired) electrons. The van der Waals surface area contributed by atoms with Gasteiger partial charge in [-0.2, -0.15) is 10.1 Å². The van der Waals surface area contributed by atoms with Crippen LogP contribution in [0.4, 0.5) is 0 Å². The maximum atomic E-state index is 12.5. The molecule has 0 N–H and O–H groups in total. The molecule has 0 aliphatic carbocycles. The minimum Gasteiger partial charge on any atom is -0.341 e. The summed E-state index contributed by atoms with van der Waals surface area (Å²) in [6.45, 7) is 9.31. The van der Waals surface area contributed by atoms with Crippen LogP contribution in [0.2, 0.25) is 0 Å². The summed E-state index contributed by atoms with van der Waals surface area (Å²) in [5, 5.41) is 8.32. The Labute approximate surface area is 136 Å². The molecule has 2 heterocycles. The Bertz CT molecular complexity index is 659. The molecular formula is C16H25N5O2. The van der Waals surface area contributed by atoms with Gasteiger partial charge in [0.15, 0.2) is 5.82 Å². The summed E-state index contributed by atoms with van der Waals surface area (Å²) in [6, 6.07) is 0. The highest BCUT2D eigenvalue weighted by molar-refractivity contribution is 5.94. The van der Waals surface area contributed by atoms with E-state index >= 15 is 0 Å². The van der Waals surface area contributed by atoms with Gasteiger partial charge in [-0.3, -0.25) is 9.48 Å². The van der Waals surface area contributed by atoms with Crippen molar-refractivity contribution in [2.24, 2.45) is 0 Å². The van der Waals surface area contributed by atoms with Gasteiger partial charge in [0, 0.05) is 38.7 Å². The van der Waals surface area contributed by atoms with Crippen molar-refractivity contribution in [2.45, 2.75) is 53.0 Å². The van der Waals surface area contributed by atoms with Crippen LogP contribution in [0.15, 0.2) is 10.7 Å². The fourth-order valence-electron chi connectivity index (χ4n) is 2.25. The summed E-state index contributed by atoms with van der Waals surface area (Å²) >= 11 is 0. The van der Waals surface area contributed by atoms with Gasteiger partial charge in [0.2, 0.25) is 5.89 Å². The second kappa shape index (κ2) is 7.39. The van der Waals surface area contributed by atoms with Gasteiger partial charge in [0.1, 0.15) is 0 Å². The van der Waals surface area contributed by atoms with Gasteiger partial charge in [0.25, 0.3) is 5.91 Å². The molecule has 0 aliphatic rings. The fraction of sp³-hybridized carbons (Fsp3) is 0.625. The van der Waals surface area contributed by atoms with Crippen LogP contribution in [-0.4, -0.2) is 44.3 Å². The predicted molar refractivity (Wildman–Crippen MR) is 86.3 cm³/mol. The molecule has 0 unspecified atom stereocenters. The zero-order chi connectivity index (χ0) is 17.0. The van der Waals surface area contributed by atoms with E-state index in [-0.39, 0.29) is 11.8 Å². The molecule has 0 atom stereocenters. The Kier molecular flexibility index (Phi) is 5.52. The molecule has 0 saturated carbocycles. The number of likely N-dealkylation sites (N-methyl/N-ethyl adjacent to an activating group) is 1. The second-order valence-corrected chi connectivity index (χ2v) is 6.07. The zero-order valence-electron chi connectivity index (χ0n) is 14.5. The van der Waals surface area contributed by atoms with Gasteiger partial charge in [0.05, 0.1) is 11.3 Å². The van der Waals surface area contributed by atoms with Crippen LogP contribution in [-0.2, 0) is 13.0 Å². The van der Waals surface area contributed by atoms with Gasteiger partial charge in [-0.15, -0.1) is 0 Å². The average molecular weight is 319 g/mol. The van der Waals surface area contributed by atoms with Gasteiger partial charge in [-0.25, -0.2) is 0 Å². The van der Waals surface area contributed by atoms with Crippen LogP contribution in [0.1, 0.15) is 60.9 Å². The van der Waals surface area contributed by atoms with E-state index in [0.717, 1.165) is 18.7 Å². The summed E-state index contributed by atoms with van der Waals surface area (Å²) in [6.07, 6.45) is 3.38. The van der Waals surface area contributed by atoms with Crippen molar-refractivity contribution in [3.05, 3.63) is 29.2 Å². The molecule has 0 spiro atoms. The first kappa shape index (κ1) is 17.2. The molecule has 2 rings (SSSR count). The first-order valence-electron chi connectivity index (χ1n) is 8.04. The molecule has 126 valence electrons. The summed E-state index contributed by atoms with van der Waals surface area (Å²) in [7, 11) is 1.78. The van der Waals surface area contributed by atoms with E-state index in [1.54, 1.807) is 11.9 Å². The van der Waals surface area contributed by atoms with Crippen LogP contribution < -0.4 is 0 Å². The lowest BCUT2D eigenvalue weighted by molar-refractivity contribution is 0.0795. The number of aryl methyl sites for hydroxylation is 2. The number of aromatic nitrogens is 4. The molecule has 0 saturated heterocycles. The standard InChI is InChI=1S/C16H25N5O2/c1-6-8-21-10-13(12(4)18-21)16(22)20(5)9-7-14-17-15(11(2)3)23-19-14/h10-11H,6-9H2,1-5H3. The monoisotopic (exact) mass is 319 g/mol. The molecule has 0 fully saturated rings. The Balaban J connectivity index is 1.96. The van der Waals surface area contributed by atoms with Crippen molar-refractivity contribution in [3.63, 3.8) is 0 Å². The average Bonchev–Trinajstić information content (AvgIpc) is 3.11. The minimum absolute atomic E-state index is 0.0302. The Morgan fingerprint density at radius 3 is 2.78 bits per heavy atom. The number of rotatable bonds is 7. The third-order valence-electron chi connectivity index (χ3n) is 3.62. The number of hydrogen-bond donors (Lipinski definition) is 0. The number of amides is 1. The van der Waals surface area contributed by atoms with E-state index in [2.05, 4.69) is 22.2 Å². The number of nitrogens with zero attached hydrogens (tertiary/aromatic N) is 5. The van der Waals surface area contributed by atoms with Crippen molar-refractivity contribution in [2.75, 3.05) is 13.6 Å². The normalized spacial score (nSPS) is 11.2. The highest BCUT2D eigenvalue weighted by atomic mass is 16.5. The molecule has 1 amide bonds. The highest BCUT2D eigenvalue weighted by Gasteiger charge is 2.18. The van der Waals surface area contributed by atoms with Gasteiger partial charge in [-0.1, -0.05) is 25.9 Å². The SMILES string of the molecule is CCCn1cc(C(=O)N(C)CCc2noc(C(C)C)n2)c(C)n1. The van der Waals surface area contributed by atoms with E-state index in [1.807, 2.05) is 31.6 Å². The van der Waals surface area contributed by atoms with Crippen molar-refractivity contribution in [3.8, 4) is 0 Å². The molecule has 7 heteroatoms. The summed E-state index contributed by atoms with van der Waals surface area (Å²) in [4.78, 5) is 18.5. The fourth-order valence-corrected chi connectivity index (χ4v) is 2.25. The van der Waals surface area contributed by atoms with Crippen molar-refractivity contribution in [1.82, 2.24) is 24.8 Å². The van der Waals surface area contributed by atoms with E-state index < -0.39 is 0 Å². The lowest BCUT2D eigenvalue weighted by Gasteiger charge is -2.15. The lowest BCUT2D eigenvalue weighted by atomic mass is 10.2. The van der Waals surface area contributed by atoms with Crippen LogP contribution in [0.5, 0.6) is 0 Å². The van der Waals surface area contributed by atoms with E-state index in [4.69, 9.17) is 4.52 Å². The first-order valence-corrected chi connectivity index (χ1v) is 8.04. The Morgan fingerprint density at radius 2 is 2.17 bits per heavy atom. The molecule has 7 nitrogen and oxygen atoms in total. The number of carbonyl (C=O) groups is 1. The minimum atomic E-state index is -0.0302. The molecule has 0 aromatic carbocycles. The molecule has 0 bridgehead atoms. The van der Waals surface area contributed by atoms with Crippen molar-refractivity contribution < 1.29 is 9.32 Å². The largest absolute Gasteiger partial charge is 0.341 e. The van der Waals surface area contributed by atoms with Crippen LogP contribution in [0.3, 0.4) is 0 Å². The molecule has 23 heavy (non-hydrogen) atoms. The smallest absolute Gasteiger partial charge is 0.257 e. The predicted octanol–water partition coefficient (Wildman–Crippen LogP) is 2.42. The molecule has 2 aromatic rings. The third-order valence-corrected chi connectivity index (χ3v) is 3.62. The van der Waals surface area contributed by atoms with Crippen LogP contribution in [0.25, 0.3) is 0 Å². The molecule has 0 aliphatic heterocycles. The van der Waals surface area contributed by atoms with Gasteiger partial charge < -0.3 is 9.42 Å². The summed E-state index contributed by atoms with van der Waals surface area (Å²) in [5.41, 5.74) is 1.41. The van der Waals surface area contributed by atoms with Crippen LogP contribution >= 0.6 is 0 Å². The van der Waals surface area contributed by atoms with E-state index in [9.17, 15) is 4.79 Å².